The average molecular weight is 336 g/mol. The van der Waals surface area contributed by atoms with Gasteiger partial charge in [-0.15, -0.1) is 0 Å². The zero-order valence-electron chi connectivity index (χ0n) is 11.6. The van der Waals surface area contributed by atoms with Crippen molar-refractivity contribution < 1.29 is 4.74 Å². The van der Waals surface area contributed by atoms with Crippen molar-refractivity contribution in [3.05, 3.63) is 41.6 Å². The zero-order chi connectivity index (χ0) is 13.9. The molecule has 2 aromatic rings. The molecule has 3 rings (SSSR count). The van der Waals surface area contributed by atoms with Crippen LogP contribution in [0.25, 0.3) is 5.69 Å². The van der Waals surface area contributed by atoms with Crippen LogP contribution in [0.4, 0.5) is 5.82 Å². The molecule has 0 unspecified atom stereocenters. The summed E-state index contributed by atoms with van der Waals surface area (Å²) >= 11 is 3.60. The number of morpholine rings is 1. The van der Waals surface area contributed by atoms with Crippen molar-refractivity contribution in [3.8, 4) is 5.69 Å². The molecule has 0 spiro atoms. The fraction of sp³-hybridized carbons (Fsp3) is 0.400. The second-order valence-electron chi connectivity index (χ2n) is 4.87. The van der Waals surface area contributed by atoms with E-state index in [9.17, 15) is 0 Å². The number of alkyl halides is 1. The third kappa shape index (κ3) is 2.47. The molecular weight excluding hydrogens is 318 g/mol. The van der Waals surface area contributed by atoms with Gasteiger partial charge in [0.05, 0.1) is 24.6 Å². The van der Waals surface area contributed by atoms with Crippen molar-refractivity contribution in [2.75, 3.05) is 31.2 Å². The lowest BCUT2D eigenvalue weighted by atomic mass is 10.2. The molecule has 5 heteroatoms. The van der Waals surface area contributed by atoms with E-state index in [-0.39, 0.29) is 0 Å². The van der Waals surface area contributed by atoms with Gasteiger partial charge in [-0.1, -0.05) is 34.1 Å². The molecule has 0 radical (unpaired) electrons. The van der Waals surface area contributed by atoms with Crippen LogP contribution >= 0.6 is 15.9 Å². The summed E-state index contributed by atoms with van der Waals surface area (Å²) in [7, 11) is 0. The average Bonchev–Trinajstić information content (AvgIpc) is 2.85. The highest BCUT2D eigenvalue weighted by molar-refractivity contribution is 9.08. The van der Waals surface area contributed by atoms with E-state index in [1.807, 2.05) is 18.2 Å². The Labute approximate surface area is 127 Å². The summed E-state index contributed by atoms with van der Waals surface area (Å²) < 4.78 is 7.52. The minimum absolute atomic E-state index is 0.779. The Hall–Kier alpha value is -1.33. The van der Waals surface area contributed by atoms with Gasteiger partial charge in [-0.2, -0.15) is 5.10 Å². The van der Waals surface area contributed by atoms with Crippen LogP contribution in [0.15, 0.2) is 30.3 Å². The summed E-state index contributed by atoms with van der Waals surface area (Å²) in [4.78, 5) is 2.37. The first-order valence-corrected chi connectivity index (χ1v) is 7.96. The molecule has 1 saturated heterocycles. The number of aryl methyl sites for hydroxylation is 1. The second kappa shape index (κ2) is 5.97. The van der Waals surface area contributed by atoms with E-state index in [1.165, 1.54) is 11.4 Å². The lowest BCUT2D eigenvalue weighted by Gasteiger charge is -2.30. The van der Waals surface area contributed by atoms with Crippen molar-refractivity contribution in [1.29, 1.82) is 0 Å². The predicted molar refractivity (Wildman–Crippen MR) is 84.0 cm³/mol. The van der Waals surface area contributed by atoms with E-state index in [0.717, 1.165) is 43.0 Å². The topological polar surface area (TPSA) is 30.3 Å². The minimum Gasteiger partial charge on any atom is -0.378 e. The standard InChI is InChI=1S/C15H18BrN3O/c1-12-14(11-16)15(18-7-9-20-10-8-18)19(17-12)13-5-3-2-4-6-13/h2-6H,7-11H2,1H3. The van der Waals surface area contributed by atoms with Crippen molar-refractivity contribution in [2.45, 2.75) is 12.3 Å². The van der Waals surface area contributed by atoms with Gasteiger partial charge in [-0.25, -0.2) is 4.68 Å². The van der Waals surface area contributed by atoms with E-state index in [1.54, 1.807) is 0 Å². The molecule has 1 fully saturated rings. The van der Waals surface area contributed by atoms with Gasteiger partial charge in [0, 0.05) is 24.0 Å². The van der Waals surface area contributed by atoms with E-state index in [2.05, 4.69) is 44.6 Å². The second-order valence-corrected chi connectivity index (χ2v) is 5.43. The molecular formula is C15H18BrN3O. The number of hydrogen-bond acceptors (Lipinski definition) is 3. The van der Waals surface area contributed by atoms with Crippen molar-refractivity contribution >= 4 is 21.7 Å². The van der Waals surface area contributed by atoms with E-state index in [4.69, 9.17) is 9.84 Å². The monoisotopic (exact) mass is 335 g/mol. The summed E-state index contributed by atoms with van der Waals surface area (Å²) in [5.41, 5.74) is 3.44. The number of rotatable bonds is 3. The Morgan fingerprint density at radius 1 is 1.20 bits per heavy atom. The summed E-state index contributed by atoms with van der Waals surface area (Å²) in [6, 6.07) is 10.3. The number of para-hydroxylation sites is 1. The fourth-order valence-electron chi connectivity index (χ4n) is 2.55. The van der Waals surface area contributed by atoms with Gasteiger partial charge >= 0.3 is 0 Å². The van der Waals surface area contributed by atoms with Gasteiger partial charge in [-0.05, 0) is 19.1 Å². The molecule has 2 heterocycles. The van der Waals surface area contributed by atoms with Gasteiger partial charge in [0.15, 0.2) is 0 Å². The normalized spacial score (nSPS) is 15.6. The van der Waals surface area contributed by atoms with Gasteiger partial charge in [-0.3, -0.25) is 0 Å². The minimum atomic E-state index is 0.779. The SMILES string of the molecule is Cc1nn(-c2ccccc2)c(N2CCOCC2)c1CBr. The smallest absolute Gasteiger partial charge is 0.136 e. The van der Waals surface area contributed by atoms with Crippen LogP contribution in [0.2, 0.25) is 0 Å². The van der Waals surface area contributed by atoms with Crippen LogP contribution in [-0.4, -0.2) is 36.1 Å². The molecule has 1 aliphatic heterocycles. The third-order valence-corrected chi connectivity index (χ3v) is 4.16. The van der Waals surface area contributed by atoms with E-state index in [0.29, 0.717) is 0 Å². The summed E-state index contributed by atoms with van der Waals surface area (Å²) in [6.45, 7) is 5.46. The summed E-state index contributed by atoms with van der Waals surface area (Å²) in [5.74, 6) is 1.19. The van der Waals surface area contributed by atoms with E-state index >= 15 is 0 Å². The Morgan fingerprint density at radius 3 is 2.55 bits per heavy atom. The number of anilines is 1. The number of hydrogen-bond donors (Lipinski definition) is 0. The van der Waals surface area contributed by atoms with Gasteiger partial charge in [0.25, 0.3) is 0 Å². The molecule has 1 aromatic heterocycles. The Bertz CT molecular complexity index is 576. The largest absolute Gasteiger partial charge is 0.378 e. The van der Waals surface area contributed by atoms with Crippen LogP contribution < -0.4 is 4.90 Å². The highest BCUT2D eigenvalue weighted by Gasteiger charge is 2.22. The van der Waals surface area contributed by atoms with Crippen LogP contribution in [0, 0.1) is 6.92 Å². The molecule has 0 aliphatic carbocycles. The molecule has 0 bridgehead atoms. The maximum absolute atomic E-state index is 5.46. The zero-order valence-corrected chi connectivity index (χ0v) is 13.1. The summed E-state index contributed by atoms with van der Waals surface area (Å²) in [5, 5.41) is 5.55. The lowest BCUT2D eigenvalue weighted by molar-refractivity contribution is 0.122. The molecule has 0 amide bonds. The first-order chi connectivity index (χ1) is 9.81. The Kier molecular flexibility index (Phi) is 4.08. The molecule has 4 nitrogen and oxygen atoms in total. The summed E-state index contributed by atoms with van der Waals surface area (Å²) in [6.07, 6.45) is 0. The Morgan fingerprint density at radius 2 is 1.90 bits per heavy atom. The Balaban J connectivity index is 2.09. The number of ether oxygens (including phenoxy) is 1. The van der Waals surface area contributed by atoms with Gasteiger partial charge in [0.1, 0.15) is 5.82 Å². The van der Waals surface area contributed by atoms with Crippen LogP contribution in [0.5, 0.6) is 0 Å². The third-order valence-electron chi connectivity index (χ3n) is 3.60. The first-order valence-electron chi connectivity index (χ1n) is 6.84. The molecule has 106 valence electrons. The number of halogens is 1. The number of nitrogens with zero attached hydrogens (tertiary/aromatic N) is 3. The first kappa shape index (κ1) is 13.6. The van der Waals surface area contributed by atoms with Crippen molar-refractivity contribution in [1.82, 2.24) is 9.78 Å². The maximum Gasteiger partial charge on any atom is 0.136 e. The lowest BCUT2D eigenvalue weighted by Crippen LogP contribution is -2.38. The highest BCUT2D eigenvalue weighted by atomic mass is 79.9. The molecule has 0 saturated carbocycles. The maximum atomic E-state index is 5.46. The quantitative estimate of drug-likeness (QED) is 0.808. The fourth-order valence-corrected chi connectivity index (χ4v) is 3.21. The molecule has 1 aliphatic rings. The van der Waals surface area contributed by atoms with Crippen LogP contribution in [0.1, 0.15) is 11.3 Å². The highest BCUT2D eigenvalue weighted by Crippen LogP contribution is 2.29. The van der Waals surface area contributed by atoms with Gasteiger partial charge in [0.2, 0.25) is 0 Å². The number of aromatic nitrogens is 2. The van der Waals surface area contributed by atoms with Crippen LogP contribution in [0.3, 0.4) is 0 Å². The predicted octanol–water partition coefficient (Wildman–Crippen LogP) is 2.91. The molecule has 0 atom stereocenters. The molecule has 20 heavy (non-hydrogen) atoms. The van der Waals surface area contributed by atoms with Crippen LogP contribution in [-0.2, 0) is 10.1 Å². The molecule has 0 N–H and O–H groups in total. The van der Waals surface area contributed by atoms with Crippen molar-refractivity contribution in [3.63, 3.8) is 0 Å². The van der Waals surface area contributed by atoms with Gasteiger partial charge < -0.3 is 9.64 Å². The number of benzene rings is 1. The molecule has 1 aromatic carbocycles. The van der Waals surface area contributed by atoms with E-state index < -0.39 is 0 Å². The van der Waals surface area contributed by atoms with Crippen molar-refractivity contribution in [2.24, 2.45) is 0 Å².